The van der Waals surface area contributed by atoms with Crippen molar-refractivity contribution in [3.63, 3.8) is 0 Å². The Morgan fingerprint density at radius 1 is 0.765 bits per heavy atom. The van der Waals surface area contributed by atoms with Crippen LogP contribution in [0.15, 0.2) is 89.8 Å². The molecule has 7 heteroatoms. The molecule has 0 amide bonds. The molecule has 1 aliphatic heterocycles. The molecule has 0 spiro atoms. The Hall–Kier alpha value is -3.39. The monoisotopic (exact) mass is 499 g/mol. The number of hydrogen-bond donors (Lipinski definition) is 0. The number of ether oxygens (including phenoxy) is 3. The maximum Gasteiger partial charge on any atom is 0.190 e. The van der Waals surface area contributed by atoms with Crippen molar-refractivity contribution in [1.82, 2.24) is 4.98 Å². The van der Waals surface area contributed by atoms with Crippen LogP contribution in [-0.4, -0.2) is 27.3 Å². The summed E-state index contributed by atoms with van der Waals surface area (Å²) in [6.45, 7) is 0. The van der Waals surface area contributed by atoms with E-state index in [-0.39, 0.29) is 0 Å². The van der Waals surface area contributed by atoms with Crippen molar-refractivity contribution in [2.24, 2.45) is 0 Å². The number of benzene rings is 2. The van der Waals surface area contributed by atoms with Gasteiger partial charge in [-0.3, -0.25) is 4.98 Å². The zero-order chi connectivity index (χ0) is 23.1. The highest BCUT2D eigenvalue weighted by atomic mass is 32.1. The molecule has 0 unspecified atom stereocenters. The molecule has 3 aromatic heterocycles. The average molecular weight is 500 g/mol. The predicted molar refractivity (Wildman–Crippen MR) is 142 cm³/mol. The maximum absolute atomic E-state index is 6.67. The van der Waals surface area contributed by atoms with Crippen LogP contribution in [-0.2, 0) is 0 Å². The number of pyridine rings is 1. The van der Waals surface area contributed by atoms with Gasteiger partial charge in [0, 0.05) is 11.8 Å². The van der Waals surface area contributed by atoms with Crippen LogP contribution in [0.2, 0.25) is 0 Å². The molecular formula is C27H21NO3S2Si. The minimum Gasteiger partial charge on any atom is -0.487 e. The van der Waals surface area contributed by atoms with E-state index in [1.54, 1.807) is 36.9 Å². The smallest absolute Gasteiger partial charge is 0.190 e. The van der Waals surface area contributed by atoms with Crippen molar-refractivity contribution in [2.45, 2.75) is 0 Å². The minimum atomic E-state index is -2.72. The van der Waals surface area contributed by atoms with Gasteiger partial charge < -0.3 is 14.2 Å². The highest BCUT2D eigenvalue weighted by Crippen LogP contribution is 2.37. The number of nitrogens with zero attached hydrogens (tertiary/aromatic N) is 1. The van der Waals surface area contributed by atoms with E-state index in [2.05, 4.69) is 64.3 Å². The third-order valence-corrected chi connectivity index (χ3v) is 13.2. The molecule has 0 saturated heterocycles. The second-order valence-corrected chi connectivity index (χ2v) is 13.4. The van der Waals surface area contributed by atoms with Gasteiger partial charge in [-0.1, -0.05) is 36.4 Å². The molecule has 0 saturated carbocycles. The minimum absolute atomic E-state index is 0.877. The van der Waals surface area contributed by atoms with Crippen LogP contribution in [0.4, 0.5) is 0 Å². The third kappa shape index (κ3) is 3.12. The normalized spacial score (nSPS) is 13.5. The highest BCUT2D eigenvalue weighted by molar-refractivity contribution is 7.26. The van der Waals surface area contributed by atoms with E-state index in [0.717, 1.165) is 32.9 Å². The molecule has 0 bridgehead atoms. The average Bonchev–Trinajstić information content (AvgIpc) is 3.58. The van der Waals surface area contributed by atoms with Crippen molar-refractivity contribution in [1.29, 1.82) is 0 Å². The van der Waals surface area contributed by atoms with E-state index in [1.807, 2.05) is 30.5 Å². The van der Waals surface area contributed by atoms with Crippen molar-refractivity contribution < 1.29 is 14.2 Å². The van der Waals surface area contributed by atoms with Gasteiger partial charge in [0.15, 0.2) is 18.2 Å². The van der Waals surface area contributed by atoms with Crippen LogP contribution < -0.4 is 35.0 Å². The van der Waals surface area contributed by atoms with Crippen LogP contribution in [0.1, 0.15) is 0 Å². The molecule has 0 fully saturated rings. The first-order valence-corrected chi connectivity index (χ1v) is 14.6. The lowest BCUT2D eigenvalue weighted by Gasteiger charge is -2.38. The second kappa shape index (κ2) is 8.43. The molecule has 4 nitrogen and oxygen atoms in total. The lowest BCUT2D eigenvalue weighted by Crippen LogP contribution is -2.75. The number of rotatable bonds is 5. The van der Waals surface area contributed by atoms with Gasteiger partial charge in [-0.25, -0.2) is 0 Å². The molecule has 4 heterocycles. The van der Waals surface area contributed by atoms with Crippen molar-refractivity contribution in [3.8, 4) is 32.9 Å². The van der Waals surface area contributed by atoms with Gasteiger partial charge in [0.2, 0.25) is 0 Å². The van der Waals surface area contributed by atoms with Crippen molar-refractivity contribution >= 4 is 51.5 Å². The largest absolute Gasteiger partial charge is 0.487 e. The fraction of sp³-hybridized carbons (Fsp3) is 0.0741. The summed E-state index contributed by atoms with van der Waals surface area (Å²) in [7, 11) is 0.726. The van der Waals surface area contributed by atoms with Gasteiger partial charge in [-0.15, -0.1) is 22.7 Å². The van der Waals surface area contributed by atoms with Crippen LogP contribution in [0.25, 0.3) is 11.3 Å². The number of hydrogen-bond acceptors (Lipinski definition) is 6. The van der Waals surface area contributed by atoms with Gasteiger partial charge in [-0.05, 0) is 67.9 Å². The first kappa shape index (κ1) is 21.2. The van der Waals surface area contributed by atoms with Gasteiger partial charge in [0.25, 0.3) is 0 Å². The molecule has 6 rings (SSSR count). The number of methoxy groups -OCH3 is 2. The van der Waals surface area contributed by atoms with Gasteiger partial charge >= 0.3 is 0 Å². The second-order valence-electron chi connectivity index (χ2n) is 7.96. The Bertz CT molecular complexity index is 1440. The van der Waals surface area contributed by atoms with E-state index >= 15 is 0 Å². The van der Waals surface area contributed by atoms with E-state index in [9.17, 15) is 0 Å². The predicted octanol–water partition coefficient (Wildman–Crippen LogP) is 4.37. The number of para-hydroxylation sites is 2. The summed E-state index contributed by atoms with van der Waals surface area (Å²) in [6.07, 6.45) is 1.82. The van der Waals surface area contributed by atoms with E-state index in [0.29, 0.717) is 0 Å². The molecule has 168 valence electrons. The van der Waals surface area contributed by atoms with Crippen LogP contribution in [0.5, 0.6) is 21.6 Å². The van der Waals surface area contributed by atoms with Gasteiger partial charge in [0.05, 0.1) is 19.9 Å². The Balaban J connectivity index is 1.74. The van der Waals surface area contributed by atoms with Crippen molar-refractivity contribution in [3.05, 3.63) is 89.8 Å². The molecule has 0 aliphatic carbocycles. The maximum atomic E-state index is 6.67. The molecule has 5 aromatic rings. The van der Waals surface area contributed by atoms with E-state index < -0.39 is 8.07 Å². The molecule has 34 heavy (non-hydrogen) atoms. The topological polar surface area (TPSA) is 40.6 Å². The standard InChI is InChI=1S/C27H21NO3S2Si/c1-29-25-14-18(16-32-25)34(19-15-26(30-2)33-17-19)23-11-4-3-10-22(23)31-27-20(8-7-12-24(27)34)21-9-5-6-13-28-21/h3-17H,1-2H3. The number of aromatic nitrogens is 1. The number of fused-ring (bicyclic) bond motifs is 2. The molecule has 0 radical (unpaired) electrons. The third-order valence-electron chi connectivity index (χ3n) is 6.28. The summed E-state index contributed by atoms with van der Waals surface area (Å²) in [5.74, 6) is 1.77. The Morgan fingerprint density at radius 2 is 1.44 bits per heavy atom. The fourth-order valence-corrected chi connectivity index (χ4v) is 12.3. The number of thiophene rings is 2. The van der Waals surface area contributed by atoms with Gasteiger partial charge in [0.1, 0.15) is 11.5 Å². The van der Waals surface area contributed by atoms with E-state index in [4.69, 9.17) is 14.2 Å². The highest BCUT2D eigenvalue weighted by Gasteiger charge is 2.49. The quantitative estimate of drug-likeness (QED) is 0.330. The van der Waals surface area contributed by atoms with E-state index in [1.165, 1.54) is 20.7 Å². The Morgan fingerprint density at radius 3 is 2.09 bits per heavy atom. The zero-order valence-corrected chi connectivity index (χ0v) is 21.3. The lowest BCUT2D eigenvalue weighted by atomic mass is 10.1. The fourth-order valence-electron chi connectivity index (χ4n) is 4.82. The molecular weight excluding hydrogens is 479 g/mol. The van der Waals surface area contributed by atoms with Crippen LogP contribution in [0.3, 0.4) is 0 Å². The first-order chi connectivity index (χ1) is 16.8. The van der Waals surface area contributed by atoms with Crippen LogP contribution in [0, 0.1) is 0 Å². The summed E-state index contributed by atoms with van der Waals surface area (Å²) < 4.78 is 17.9. The lowest BCUT2D eigenvalue weighted by molar-refractivity contribution is 0.427. The summed E-state index contributed by atoms with van der Waals surface area (Å²) >= 11 is 3.26. The molecule has 2 aromatic carbocycles. The zero-order valence-electron chi connectivity index (χ0n) is 18.6. The summed E-state index contributed by atoms with van der Waals surface area (Å²) in [6, 6.07) is 25.2. The summed E-state index contributed by atoms with van der Waals surface area (Å²) in [5, 5.41) is 11.3. The first-order valence-electron chi connectivity index (χ1n) is 10.8. The van der Waals surface area contributed by atoms with Crippen LogP contribution >= 0.6 is 22.7 Å². The Kier molecular flexibility index (Phi) is 5.25. The SMILES string of the molecule is COc1cc([Si]2(c3csc(OC)c3)c3ccccc3Oc3c(-c4ccccn4)cccc32)cs1. The summed E-state index contributed by atoms with van der Waals surface area (Å²) in [5.41, 5.74) is 1.89. The molecule has 0 N–H and O–H groups in total. The summed E-state index contributed by atoms with van der Waals surface area (Å²) in [4.78, 5) is 4.64. The van der Waals surface area contributed by atoms with Gasteiger partial charge in [-0.2, -0.15) is 0 Å². The molecule has 1 aliphatic rings. The molecule has 0 atom stereocenters. The van der Waals surface area contributed by atoms with Crippen molar-refractivity contribution in [2.75, 3.05) is 14.2 Å². The Labute approximate surface area is 207 Å².